The van der Waals surface area contributed by atoms with Gasteiger partial charge in [0.15, 0.2) is 0 Å². The van der Waals surface area contributed by atoms with Gasteiger partial charge in [0.05, 0.1) is 19.4 Å². The zero-order valence-electron chi connectivity index (χ0n) is 11.7. The van der Waals surface area contributed by atoms with Crippen LogP contribution in [0.1, 0.15) is 12.7 Å². The van der Waals surface area contributed by atoms with Crippen LogP contribution < -0.4 is 16.0 Å². The Balaban J connectivity index is 1.74. The second kappa shape index (κ2) is 7.14. The van der Waals surface area contributed by atoms with Crippen molar-refractivity contribution in [2.24, 2.45) is 0 Å². The van der Waals surface area contributed by atoms with Gasteiger partial charge in [-0.1, -0.05) is 0 Å². The van der Waals surface area contributed by atoms with Crippen molar-refractivity contribution in [3.05, 3.63) is 48.4 Å². The summed E-state index contributed by atoms with van der Waals surface area (Å²) in [5.41, 5.74) is 1.52. The van der Waals surface area contributed by atoms with Crippen molar-refractivity contribution in [1.82, 2.24) is 5.32 Å². The fourth-order valence-electron chi connectivity index (χ4n) is 1.72. The molecule has 21 heavy (non-hydrogen) atoms. The number of amides is 2. The summed E-state index contributed by atoms with van der Waals surface area (Å²) in [6, 6.07) is 10.7. The van der Waals surface area contributed by atoms with E-state index in [9.17, 15) is 9.59 Å². The van der Waals surface area contributed by atoms with Gasteiger partial charge in [-0.05, 0) is 36.4 Å². The molecule has 6 nitrogen and oxygen atoms in total. The molecule has 0 radical (unpaired) electrons. The summed E-state index contributed by atoms with van der Waals surface area (Å²) in [5.74, 6) is 0.466. The molecule has 2 aromatic rings. The highest BCUT2D eigenvalue weighted by molar-refractivity contribution is 5.88. The fraction of sp³-hybridized carbons (Fsp3) is 0.200. The molecule has 2 rings (SSSR count). The first-order valence-electron chi connectivity index (χ1n) is 6.54. The average Bonchev–Trinajstić information content (AvgIpc) is 2.97. The summed E-state index contributed by atoms with van der Waals surface area (Å²) < 4.78 is 5.12. The van der Waals surface area contributed by atoms with Crippen molar-refractivity contribution in [2.45, 2.75) is 13.5 Å². The monoisotopic (exact) mass is 287 g/mol. The van der Waals surface area contributed by atoms with Gasteiger partial charge in [0, 0.05) is 18.3 Å². The van der Waals surface area contributed by atoms with Crippen LogP contribution in [0.15, 0.2) is 47.1 Å². The van der Waals surface area contributed by atoms with Crippen LogP contribution in [0, 0.1) is 0 Å². The van der Waals surface area contributed by atoms with Gasteiger partial charge in [-0.2, -0.15) is 0 Å². The summed E-state index contributed by atoms with van der Waals surface area (Å²) in [6.07, 6.45) is 1.57. The van der Waals surface area contributed by atoms with E-state index in [2.05, 4.69) is 16.0 Å². The average molecular weight is 287 g/mol. The highest BCUT2D eigenvalue weighted by Crippen LogP contribution is 2.13. The summed E-state index contributed by atoms with van der Waals surface area (Å²) in [4.78, 5) is 22.5. The first-order valence-corrected chi connectivity index (χ1v) is 6.54. The van der Waals surface area contributed by atoms with Crippen LogP contribution in [0.4, 0.5) is 11.4 Å². The van der Waals surface area contributed by atoms with E-state index in [0.717, 1.165) is 11.4 Å². The van der Waals surface area contributed by atoms with Crippen molar-refractivity contribution in [3.8, 4) is 0 Å². The van der Waals surface area contributed by atoms with Gasteiger partial charge in [0.1, 0.15) is 5.76 Å². The number of hydrogen-bond acceptors (Lipinski definition) is 4. The molecule has 1 heterocycles. The highest BCUT2D eigenvalue weighted by Gasteiger charge is 2.03. The third-order valence-corrected chi connectivity index (χ3v) is 2.70. The quantitative estimate of drug-likeness (QED) is 0.758. The molecule has 0 aliphatic rings. The van der Waals surface area contributed by atoms with Crippen LogP contribution in [-0.4, -0.2) is 18.4 Å². The lowest BCUT2D eigenvalue weighted by Crippen LogP contribution is -2.29. The molecule has 0 fully saturated rings. The van der Waals surface area contributed by atoms with Gasteiger partial charge in [-0.3, -0.25) is 9.59 Å². The Hall–Kier alpha value is -2.76. The molecule has 3 N–H and O–H groups in total. The minimum absolute atomic E-state index is 0.118. The van der Waals surface area contributed by atoms with Gasteiger partial charge in [0.2, 0.25) is 11.8 Å². The van der Waals surface area contributed by atoms with E-state index in [0.29, 0.717) is 12.3 Å². The van der Waals surface area contributed by atoms with E-state index in [1.54, 1.807) is 42.7 Å². The summed E-state index contributed by atoms with van der Waals surface area (Å²) in [6.45, 7) is 1.99. The van der Waals surface area contributed by atoms with Crippen molar-refractivity contribution in [1.29, 1.82) is 0 Å². The van der Waals surface area contributed by atoms with Gasteiger partial charge >= 0.3 is 0 Å². The molecule has 0 spiro atoms. The van der Waals surface area contributed by atoms with E-state index >= 15 is 0 Å². The highest BCUT2D eigenvalue weighted by atomic mass is 16.3. The molecule has 0 saturated heterocycles. The molecule has 0 unspecified atom stereocenters. The second-order valence-corrected chi connectivity index (χ2v) is 4.47. The van der Waals surface area contributed by atoms with Crippen molar-refractivity contribution in [2.75, 3.05) is 17.2 Å². The van der Waals surface area contributed by atoms with Crippen LogP contribution in [0.5, 0.6) is 0 Å². The molecule has 0 saturated carbocycles. The lowest BCUT2D eigenvalue weighted by Gasteiger charge is -2.08. The van der Waals surface area contributed by atoms with Crippen molar-refractivity contribution < 1.29 is 14.0 Å². The molecule has 110 valence electrons. The first kappa shape index (κ1) is 14.6. The Bertz CT molecular complexity index is 591. The Kier molecular flexibility index (Phi) is 4.98. The predicted molar refractivity (Wildman–Crippen MR) is 79.8 cm³/mol. The van der Waals surface area contributed by atoms with Crippen LogP contribution in [0.2, 0.25) is 0 Å². The van der Waals surface area contributed by atoms with Gasteiger partial charge < -0.3 is 20.4 Å². The van der Waals surface area contributed by atoms with E-state index in [1.807, 2.05) is 0 Å². The van der Waals surface area contributed by atoms with E-state index < -0.39 is 0 Å². The molecule has 1 aromatic heterocycles. The standard InChI is InChI=1S/C15H17N3O3/c1-11(19)18-13-6-4-12(5-7-13)16-10-15(20)17-9-14-3-2-8-21-14/h2-8,16H,9-10H2,1H3,(H,17,20)(H,18,19). The third-order valence-electron chi connectivity index (χ3n) is 2.70. The normalized spacial score (nSPS) is 9.95. The lowest BCUT2D eigenvalue weighted by atomic mass is 10.2. The lowest BCUT2D eigenvalue weighted by molar-refractivity contribution is -0.119. The van der Waals surface area contributed by atoms with Gasteiger partial charge in [0.25, 0.3) is 0 Å². The molecule has 0 atom stereocenters. The van der Waals surface area contributed by atoms with E-state index in [-0.39, 0.29) is 18.4 Å². The zero-order chi connectivity index (χ0) is 15.1. The number of furan rings is 1. The number of rotatable bonds is 6. The van der Waals surface area contributed by atoms with Crippen LogP contribution in [0.25, 0.3) is 0 Å². The van der Waals surface area contributed by atoms with Crippen molar-refractivity contribution in [3.63, 3.8) is 0 Å². The molecular weight excluding hydrogens is 270 g/mol. The molecule has 2 amide bonds. The number of carbonyl (C=O) groups excluding carboxylic acids is 2. The largest absolute Gasteiger partial charge is 0.467 e. The minimum Gasteiger partial charge on any atom is -0.467 e. The fourth-order valence-corrected chi connectivity index (χ4v) is 1.72. The van der Waals surface area contributed by atoms with Crippen LogP contribution in [-0.2, 0) is 16.1 Å². The van der Waals surface area contributed by atoms with E-state index in [4.69, 9.17) is 4.42 Å². The molecule has 0 bridgehead atoms. The Morgan fingerprint density at radius 1 is 1.10 bits per heavy atom. The Morgan fingerprint density at radius 3 is 2.43 bits per heavy atom. The Morgan fingerprint density at radius 2 is 1.81 bits per heavy atom. The van der Waals surface area contributed by atoms with Crippen molar-refractivity contribution >= 4 is 23.2 Å². The maximum atomic E-state index is 11.7. The Labute approximate surface area is 122 Å². The van der Waals surface area contributed by atoms with Crippen LogP contribution >= 0.6 is 0 Å². The summed E-state index contributed by atoms with van der Waals surface area (Å²) in [5, 5.41) is 8.42. The first-order chi connectivity index (χ1) is 10.1. The smallest absolute Gasteiger partial charge is 0.239 e. The molecule has 0 aliphatic carbocycles. The number of benzene rings is 1. The number of carbonyl (C=O) groups is 2. The van der Waals surface area contributed by atoms with E-state index in [1.165, 1.54) is 6.92 Å². The molecular formula is C15H17N3O3. The minimum atomic E-state index is -0.127. The van der Waals surface area contributed by atoms with Gasteiger partial charge in [-0.15, -0.1) is 0 Å². The number of hydrogen-bond donors (Lipinski definition) is 3. The van der Waals surface area contributed by atoms with Crippen LogP contribution in [0.3, 0.4) is 0 Å². The predicted octanol–water partition coefficient (Wildman–Crippen LogP) is 1.97. The molecule has 6 heteroatoms. The van der Waals surface area contributed by atoms with Gasteiger partial charge in [-0.25, -0.2) is 0 Å². The summed E-state index contributed by atoms with van der Waals surface area (Å²) >= 11 is 0. The SMILES string of the molecule is CC(=O)Nc1ccc(NCC(=O)NCc2ccco2)cc1. The maximum Gasteiger partial charge on any atom is 0.239 e. The molecule has 1 aromatic carbocycles. The zero-order valence-corrected chi connectivity index (χ0v) is 11.7. The third kappa shape index (κ3) is 5.02. The topological polar surface area (TPSA) is 83.4 Å². The number of anilines is 2. The second-order valence-electron chi connectivity index (χ2n) is 4.47. The summed E-state index contributed by atoms with van der Waals surface area (Å²) in [7, 11) is 0. The number of nitrogens with one attached hydrogen (secondary N) is 3. The molecule has 0 aliphatic heterocycles. The maximum absolute atomic E-state index is 11.7.